The molecule has 0 aliphatic carbocycles. The van der Waals surface area contributed by atoms with E-state index in [1.807, 2.05) is 0 Å². The normalized spacial score (nSPS) is 11.1. The van der Waals surface area contributed by atoms with Gasteiger partial charge in [0.05, 0.1) is 11.6 Å². The molecule has 0 saturated carbocycles. The third-order valence-electron chi connectivity index (χ3n) is 1.92. The number of hydrogen-bond acceptors (Lipinski definition) is 3. The Kier molecular flexibility index (Phi) is 7.60. The molecule has 3 N–H and O–H groups in total. The van der Waals surface area contributed by atoms with Gasteiger partial charge in [-0.25, -0.2) is 4.79 Å². The van der Waals surface area contributed by atoms with Crippen molar-refractivity contribution in [2.24, 2.45) is 5.73 Å². The van der Waals surface area contributed by atoms with Crippen LogP contribution in [0.2, 0.25) is 0 Å². The van der Waals surface area contributed by atoms with E-state index in [4.69, 9.17) is 10.5 Å². The number of thiocarbonyl (C=S) groups is 1. The molecular weight excluding hydrogens is 271 g/mol. The summed E-state index contributed by atoms with van der Waals surface area (Å²) in [7, 11) is 1.43. The Morgan fingerprint density at radius 1 is 1.44 bits per heavy atom. The van der Waals surface area contributed by atoms with Crippen molar-refractivity contribution in [2.45, 2.75) is 12.6 Å². The molecule has 0 radical (unpaired) electrons. The van der Waals surface area contributed by atoms with Crippen molar-refractivity contribution in [3.63, 3.8) is 0 Å². The molecule has 0 heterocycles. The number of halogens is 3. The Hall–Kier alpha value is -1.09. The predicted octanol–water partition coefficient (Wildman–Crippen LogP) is 0.883. The summed E-state index contributed by atoms with van der Waals surface area (Å²) in [5, 5.41) is 1.78. The molecule has 0 atom stereocenters. The molecule has 106 valence electrons. The van der Waals surface area contributed by atoms with Crippen molar-refractivity contribution < 1.29 is 22.7 Å². The fourth-order valence-corrected chi connectivity index (χ4v) is 1.14. The second-order valence-electron chi connectivity index (χ2n) is 3.47. The number of methoxy groups -OCH3 is 1. The number of nitrogens with one attached hydrogen (secondary N) is 1. The third-order valence-corrected chi connectivity index (χ3v) is 2.12. The van der Waals surface area contributed by atoms with Crippen LogP contribution < -0.4 is 11.1 Å². The van der Waals surface area contributed by atoms with E-state index < -0.39 is 18.8 Å². The van der Waals surface area contributed by atoms with Gasteiger partial charge in [0.25, 0.3) is 0 Å². The molecule has 0 bridgehead atoms. The lowest BCUT2D eigenvalue weighted by molar-refractivity contribution is -0.123. The summed E-state index contributed by atoms with van der Waals surface area (Å²) >= 11 is 4.65. The number of ether oxygens (including phenoxy) is 1. The summed E-state index contributed by atoms with van der Waals surface area (Å²) in [6.07, 6.45) is -4.19. The largest absolute Gasteiger partial charge is 0.405 e. The maximum atomic E-state index is 11.9. The summed E-state index contributed by atoms with van der Waals surface area (Å²) in [5.74, 6) is 0. The number of alkyl halides is 3. The number of amides is 2. The number of urea groups is 1. The minimum atomic E-state index is -4.44. The summed E-state index contributed by atoms with van der Waals surface area (Å²) in [4.78, 5) is 12.9. The van der Waals surface area contributed by atoms with Crippen molar-refractivity contribution in [1.29, 1.82) is 0 Å². The Morgan fingerprint density at radius 2 is 2.06 bits per heavy atom. The molecule has 18 heavy (non-hydrogen) atoms. The van der Waals surface area contributed by atoms with Crippen LogP contribution in [0.15, 0.2) is 0 Å². The maximum Gasteiger partial charge on any atom is 0.405 e. The van der Waals surface area contributed by atoms with Crippen LogP contribution in [-0.4, -0.2) is 55.4 Å². The molecule has 0 aromatic heterocycles. The van der Waals surface area contributed by atoms with Crippen molar-refractivity contribution in [1.82, 2.24) is 10.2 Å². The third kappa shape index (κ3) is 8.99. The second-order valence-corrected chi connectivity index (χ2v) is 3.99. The number of rotatable bonds is 7. The maximum absolute atomic E-state index is 11.9. The highest BCUT2D eigenvalue weighted by molar-refractivity contribution is 7.80. The zero-order valence-electron chi connectivity index (χ0n) is 9.92. The number of hydrogen-bond donors (Lipinski definition) is 2. The number of nitrogens with zero attached hydrogens (tertiary/aromatic N) is 1. The first-order chi connectivity index (χ1) is 8.26. The molecule has 2 amide bonds. The van der Waals surface area contributed by atoms with Gasteiger partial charge in [0.1, 0.15) is 6.54 Å². The fourth-order valence-electron chi connectivity index (χ4n) is 1.05. The molecule has 0 unspecified atom stereocenters. The van der Waals surface area contributed by atoms with Gasteiger partial charge in [-0.15, -0.1) is 0 Å². The van der Waals surface area contributed by atoms with Crippen LogP contribution >= 0.6 is 12.2 Å². The molecule has 0 aliphatic heterocycles. The first kappa shape index (κ1) is 16.9. The Morgan fingerprint density at radius 3 is 2.50 bits per heavy atom. The number of carbonyl (C=O) groups is 1. The van der Waals surface area contributed by atoms with Gasteiger partial charge in [0, 0.05) is 26.6 Å². The van der Waals surface area contributed by atoms with E-state index in [-0.39, 0.29) is 31.1 Å². The Balaban J connectivity index is 4.25. The highest BCUT2D eigenvalue weighted by Gasteiger charge is 2.28. The second kappa shape index (κ2) is 8.09. The quantitative estimate of drug-likeness (QED) is 0.682. The van der Waals surface area contributed by atoms with Crippen molar-refractivity contribution >= 4 is 23.2 Å². The van der Waals surface area contributed by atoms with Gasteiger partial charge in [-0.2, -0.15) is 13.2 Å². The topological polar surface area (TPSA) is 67.6 Å². The lowest BCUT2D eigenvalue weighted by atomic mass is 10.4. The highest BCUT2D eigenvalue weighted by Crippen LogP contribution is 2.12. The smallest absolute Gasteiger partial charge is 0.393 e. The molecule has 0 saturated heterocycles. The summed E-state index contributed by atoms with van der Waals surface area (Å²) in [6, 6.07) is -0.819. The van der Waals surface area contributed by atoms with Crippen LogP contribution in [0.3, 0.4) is 0 Å². The van der Waals surface area contributed by atoms with E-state index in [9.17, 15) is 18.0 Å². The van der Waals surface area contributed by atoms with Gasteiger partial charge < -0.3 is 20.7 Å². The molecule has 0 spiro atoms. The van der Waals surface area contributed by atoms with Gasteiger partial charge >= 0.3 is 12.2 Å². The van der Waals surface area contributed by atoms with Crippen LogP contribution in [0, 0.1) is 0 Å². The van der Waals surface area contributed by atoms with Crippen LogP contribution in [0.25, 0.3) is 0 Å². The van der Waals surface area contributed by atoms with Crippen LogP contribution in [-0.2, 0) is 4.74 Å². The van der Waals surface area contributed by atoms with Crippen molar-refractivity contribution in [3.05, 3.63) is 0 Å². The lowest BCUT2D eigenvalue weighted by Crippen LogP contribution is -2.45. The monoisotopic (exact) mass is 287 g/mol. The first-order valence-electron chi connectivity index (χ1n) is 5.13. The van der Waals surface area contributed by atoms with E-state index in [2.05, 4.69) is 12.2 Å². The van der Waals surface area contributed by atoms with Gasteiger partial charge in [-0.3, -0.25) is 0 Å². The SMILES string of the molecule is COCCN(CCC(N)=S)C(=O)NCC(F)(F)F. The van der Waals surface area contributed by atoms with Crippen LogP contribution in [0.5, 0.6) is 0 Å². The summed E-state index contributed by atoms with van der Waals surface area (Å²) < 4.78 is 40.6. The Labute approximate surface area is 108 Å². The number of nitrogens with two attached hydrogens (primary N) is 1. The van der Waals surface area contributed by atoms with Crippen LogP contribution in [0.1, 0.15) is 6.42 Å². The van der Waals surface area contributed by atoms with Gasteiger partial charge in [-0.1, -0.05) is 12.2 Å². The molecule has 0 fully saturated rings. The Bertz CT molecular complexity index is 287. The molecule has 0 aromatic carbocycles. The van der Waals surface area contributed by atoms with Crippen LogP contribution in [0.4, 0.5) is 18.0 Å². The minimum absolute atomic E-state index is 0.155. The highest BCUT2D eigenvalue weighted by atomic mass is 32.1. The predicted molar refractivity (Wildman–Crippen MR) is 64.3 cm³/mol. The summed E-state index contributed by atoms with van der Waals surface area (Å²) in [5.41, 5.74) is 5.27. The van der Waals surface area contributed by atoms with E-state index >= 15 is 0 Å². The van der Waals surface area contributed by atoms with Crippen molar-refractivity contribution in [3.8, 4) is 0 Å². The van der Waals surface area contributed by atoms with Gasteiger partial charge in [-0.05, 0) is 0 Å². The molecule has 0 rings (SSSR count). The van der Waals surface area contributed by atoms with E-state index in [1.54, 1.807) is 5.32 Å². The standard InChI is InChI=1S/C9H16F3N3O2S/c1-17-5-4-15(3-2-7(13)18)8(16)14-6-9(10,11)12/h2-6H2,1H3,(H2,13,18)(H,14,16). The van der Waals surface area contributed by atoms with Gasteiger partial charge in [0.2, 0.25) is 0 Å². The molecule has 9 heteroatoms. The van der Waals surface area contributed by atoms with E-state index in [0.29, 0.717) is 0 Å². The molecular formula is C9H16F3N3O2S. The fraction of sp³-hybridized carbons (Fsp3) is 0.778. The number of carbonyl (C=O) groups excluding carboxylic acids is 1. The average molecular weight is 287 g/mol. The zero-order chi connectivity index (χ0) is 14.2. The average Bonchev–Trinajstić information content (AvgIpc) is 2.24. The molecule has 0 aromatic rings. The molecule has 5 nitrogen and oxygen atoms in total. The summed E-state index contributed by atoms with van der Waals surface area (Å²) in [6.45, 7) is -0.829. The first-order valence-corrected chi connectivity index (χ1v) is 5.54. The van der Waals surface area contributed by atoms with E-state index in [0.717, 1.165) is 0 Å². The molecule has 0 aliphatic rings. The zero-order valence-corrected chi connectivity index (χ0v) is 10.7. The van der Waals surface area contributed by atoms with Crippen molar-refractivity contribution in [2.75, 3.05) is 33.4 Å². The lowest BCUT2D eigenvalue weighted by Gasteiger charge is -2.23. The van der Waals surface area contributed by atoms with E-state index in [1.165, 1.54) is 12.0 Å². The minimum Gasteiger partial charge on any atom is -0.393 e. The van der Waals surface area contributed by atoms with Gasteiger partial charge in [0.15, 0.2) is 0 Å².